The minimum Gasteiger partial charge on any atom is -0.354 e. The largest absolute Gasteiger partial charge is 0.354 e. The first-order valence-corrected chi connectivity index (χ1v) is 8.43. The topological polar surface area (TPSA) is 78.5 Å². The van der Waals surface area contributed by atoms with Crippen molar-refractivity contribution in [1.29, 1.82) is 0 Å². The van der Waals surface area contributed by atoms with Gasteiger partial charge in [-0.3, -0.25) is 14.4 Å². The third kappa shape index (κ3) is 4.96. The van der Waals surface area contributed by atoms with Crippen LogP contribution in [0.5, 0.6) is 0 Å². The Kier molecular flexibility index (Phi) is 6.61. The van der Waals surface area contributed by atoms with Gasteiger partial charge >= 0.3 is 0 Å². The molecule has 1 atom stereocenters. The van der Waals surface area contributed by atoms with Crippen LogP contribution in [-0.2, 0) is 9.59 Å². The summed E-state index contributed by atoms with van der Waals surface area (Å²) in [4.78, 5) is 37.2. The van der Waals surface area contributed by atoms with Crippen LogP contribution < -0.4 is 10.6 Å². The minimum atomic E-state index is -0.268. The fourth-order valence-corrected chi connectivity index (χ4v) is 2.95. The van der Waals surface area contributed by atoms with Crippen LogP contribution in [0.4, 0.5) is 0 Å². The fourth-order valence-electron chi connectivity index (χ4n) is 2.72. The molecule has 2 N–H and O–H groups in total. The highest BCUT2D eigenvalue weighted by atomic mass is 35.5. The Morgan fingerprint density at radius 3 is 2.62 bits per heavy atom. The molecule has 2 rings (SSSR count). The molecule has 7 heteroatoms. The quantitative estimate of drug-likeness (QED) is 0.788. The van der Waals surface area contributed by atoms with Crippen LogP contribution in [0, 0.1) is 5.92 Å². The second kappa shape index (κ2) is 8.68. The number of carbonyl (C=O) groups excluding carboxylic acids is 3. The van der Waals surface area contributed by atoms with E-state index in [2.05, 4.69) is 10.6 Å². The second-order valence-electron chi connectivity index (χ2n) is 5.83. The molecule has 24 heavy (non-hydrogen) atoms. The lowest BCUT2D eigenvalue weighted by molar-refractivity contribution is -0.133. The highest BCUT2D eigenvalue weighted by Crippen LogP contribution is 2.16. The average Bonchev–Trinajstić information content (AvgIpc) is 2.58. The molecule has 3 amide bonds. The van der Waals surface area contributed by atoms with E-state index in [4.69, 9.17) is 11.6 Å². The predicted octanol–water partition coefficient (Wildman–Crippen LogP) is 1.44. The molecule has 1 saturated heterocycles. The summed E-state index contributed by atoms with van der Waals surface area (Å²) >= 11 is 5.96. The first-order valence-electron chi connectivity index (χ1n) is 8.05. The fraction of sp³-hybridized carbons (Fsp3) is 0.471. The summed E-state index contributed by atoms with van der Waals surface area (Å²) in [6, 6.07) is 6.80. The van der Waals surface area contributed by atoms with Crippen molar-refractivity contribution >= 4 is 29.3 Å². The summed E-state index contributed by atoms with van der Waals surface area (Å²) in [6.07, 6.45) is 1.61. The zero-order valence-electron chi connectivity index (χ0n) is 13.7. The molecule has 0 bridgehead atoms. The molecule has 1 heterocycles. The maximum atomic E-state index is 12.2. The highest BCUT2D eigenvalue weighted by Gasteiger charge is 2.26. The first kappa shape index (κ1) is 18.3. The zero-order valence-corrected chi connectivity index (χ0v) is 14.4. The van der Waals surface area contributed by atoms with Crippen molar-refractivity contribution in [3.8, 4) is 0 Å². The van der Waals surface area contributed by atoms with Gasteiger partial charge in [0.2, 0.25) is 11.8 Å². The van der Waals surface area contributed by atoms with Crippen LogP contribution in [0.1, 0.15) is 30.1 Å². The summed E-state index contributed by atoms with van der Waals surface area (Å²) in [6.45, 7) is 3.36. The average molecular weight is 352 g/mol. The Morgan fingerprint density at radius 1 is 1.21 bits per heavy atom. The van der Waals surface area contributed by atoms with Gasteiger partial charge in [-0.15, -0.1) is 0 Å². The molecule has 1 aliphatic rings. The second-order valence-corrected chi connectivity index (χ2v) is 6.24. The van der Waals surface area contributed by atoms with Crippen LogP contribution in [0.2, 0.25) is 5.02 Å². The van der Waals surface area contributed by atoms with Crippen molar-refractivity contribution in [3.63, 3.8) is 0 Å². The van der Waals surface area contributed by atoms with Gasteiger partial charge in [0.25, 0.3) is 5.91 Å². The van der Waals surface area contributed by atoms with Crippen LogP contribution in [0.25, 0.3) is 0 Å². The van der Waals surface area contributed by atoms with Crippen molar-refractivity contribution < 1.29 is 14.4 Å². The third-order valence-electron chi connectivity index (χ3n) is 4.07. The number of halogens is 1. The number of piperidine rings is 1. The Hall–Kier alpha value is -2.08. The third-order valence-corrected chi connectivity index (χ3v) is 4.40. The van der Waals surface area contributed by atoms with E-state index in [0.717, 1.165) is 12.8 Å². The summed E-state index contributed by atoms with van der Waals surface area (Å²) in [5, 5.41) is 5.93. The number of likely N-dealkylation sites (tertiary alicyclic amines) is 1. The number of hydrogen-bond acceptors (Lipinski definition) is 3. The molecule has 0 aliphatic carbocycles. The lowest BCUT2D eigenvalue weighted by Crippen LogP contribution is -2.46. The van der Waals surface area contributed by atoms with E-state index in [1.165, 1.54) is 6.92 Å². The molecule has 1 aromatic carbocycles. The van der Waals surface area contributed by atoms with Gasteiger partial charge in [-0.05, 0) is 25.0 Å². The maximum absolute atomic E-state index is 12.2. The molecule has 0 aromatic heterocycles. The number of rotatable bonds is 5. The molecule has 0 radical (unpaired) electrons. The number of benzene rings is 1. The van der Waals surface area contributed by atoms with E-state index < -0.39 is 0 Å². The van der Waals surface area contributed by atoms with E-state index >= 15 is 0 Å². The van der Waals surface area contributed by atoms with Crippen LogP contribution in [0.3, 0.4) is 0 Å². The predicted molar refractivity (Wildman–Crippen MR) is 91.8 cm³/mol. The van der Waals surface area contributed by atoms with E-state index in [1.54, 1.807) is 29.2 Å². The van der Waals surface area contributed by atoms with Crippen LogP contribution in [0.15, 0.2) is 24.3 Å². The lowest BCUT2D eigenvalue weighted by Gasteiger charge is -2.31. The Labute approximate surface area is 146 Å². The van der Waals surface area contributed by atoms with Gasteiger partial charge < -0.3 is 15.5 Å². The summed E-state index contributed by atoms with van der Waals surface area (Å²) in [5.41, 5.74) is 0.412. The van der Waals surface area contributed by atoms with E-state index in [9.17, 15) is 14.4 Å². The zero-order chi connectivity index (χ0) is 17.5. The molecular weight excluding hydrogens is 330 g/mol. The van der Waals surface area contributed by atoms with E-state index in [1.807, 2.05) is 0 Å². The molecule has 1 fully saturated rings. The Bertz CT molecular complexity index is 621. The monoisotopic (exact) mass is 351 g/mol. The van der Waals surface area contributed by atoms with Gasteiger partial charge in [0.1, 0.15) is 0 Å². The van der Waals surface area contributed by atoms with Gasteiger partial charge in [0.05, 0.1) is 16.5 Å². The minimum absolute atomic E-state index is 0.000460. The van der Waals surface area contributed by atoms with Crippen molar-refractivity contribution in [2.24, 2.45) is 5.92 Å². The molecule has 1 aromatic rings. The van der Waals surface area contributed by atoms with Crippen molar-refractivity contribution in [2.75, 3.05) is 26.2 Å². The van der Waals surface area contributed by atoms with Crippen molar-refractivity contribution in [2.45, 2.75) is 19.8 Å². The summed E-state index contributed by atoms with van der Waals surface area (Å²) < 4.78 is 0. The van der Waals surface area contributed by atoms with E-state index in [-0.39, 0.29) is 23.6 Å². The number of nitrogens with zero attached hydrogens (tertiary/aromatic N) is 1. The molecule has 1 aliphatic heterocycles. The van der Waals surface area contributed by atoms with Crippen LogP contribution in [-0.4, -0.2) is 48.8 Å². The van der Waals surface area contributed by atoms with Gasteiger partial charge in [0, 0.05) is 33.1 Å². The standard InChI is InChI=1S/C17H22ClN3O3/c1-12(22)21-10-4-5-13(11-21)16(23)19-8-9-20-17(24)14-6-2-3-7-15(14)18/h2-3,6-7,13H,4-5,8-11H2,1H3,(H,19,23)(H,20,24)/t13-/m1/s1. The number of carbonyl (C=O) groups is 3. The molecule has 0 saturated carbocycles. The first-order chi connectivity index (χ1) is 11.5. The summed E-state index contributed by atoms with van der Waals surface area (Å²) in [7, 11) is 0. The molecular formula is C17H22ClN3O3. The highest BCUT2D eigenvalue weighted by molar-refractivity contribution is 6.33. The van der Waals surface area contributed by atoms with Gasteiger partial charge in [0.15, 0.2) is 0 Å². The normalized spacial score (nSPS) is 17.2. The van der Waals surface area contributed by atoms with Gasteiger partial charge in [-0.2, -0.15) is 0 Å². The lowest BCUT2D eigenvalue weighted by atomic mass is 9.97. The van der Waals surface area contributed by atoms with Gasteiger partial charge in [-0.25, -0.2) is 0 Å². The maximum Gasteiger partial charge on any atom is 0.252 e. The number of hydrogen-bond donors (Lipinski definition) is 2. The van der Waals surface area contributed by atoms with E-state index in [0.29, 0.717) is 36.8 Å². The smallest absolute Gasteiger partial charge is 0.252 e. The van der Waals surface area contributed by atoms with Crippen molar-refractivity contribution in [3.05, 3.63) is 34.9 Å². The van der Waals surface area contributed by atoms with Gasteiger partial charge in [-0.1, -0.05) is 23.7 Å². The molecule has 0 spiro atoms. The number of nitrogens with one attached hydrogen (secondary N) is 2. The summed E-state index contributed by atoms with van der Waals surface area (Å²) in [5.74, 6) is -0.523. The van der Waals surface area contributed by atoms with Crippen molar-refractivity contribution in [1.82, 2.24) is 15.5 Å². The number of amides is 3. The Balaban J connectivity index is 1.72. The molecule has 130 valence electrons. The molecule has 6 nitrogen and oxygen atoms in total. The van der Waals surface area contributed by atoms with Crippen LogP contribution >= 0.6 is 11.6 Å². The SMILES string of the molecule is CC(=O)N1CCC[C@@H](C(=O)NCCNC(=O)c2ccccc2Cl)C1. The molecule has 0 unspecified atom stereocenters. The Morgan fingerprint density at radius 2 is 1.92 bits per heavy atom.